The summed E-state index contributed by atoms with van der Waals surface area (Å²) < 4.78 is 12.1. The SMILES string of the molecule is Cc1ccnc(OC2CCOC3(C2)CN(Cc2ccsc2)C3)n1. The van der Waals surface area contributed by atoms with Crippen LogP contribution in [0.25, 0.3) is 0 Å². The average Bonchev–Trinajstić information content (AvgIpc) is 2.99. The predicted octanol–water partition coefficient (Wildman–Crippen LogP) is 2.66. The summed E-state index contributed by atoms with van der Waals surface area (Å²) in [5, 5.41) is 4.35. The number of hydrogen-bond acceptors (Lipinski definition) is 6. The Morgan fingerprint density at radius 3 is 3.13 bits per heavy atom. The minimum Gasteiger partial charge on any atom is -0.460 e. The van der Waals surface area contributed by atoms with E-state index >= 15 is 0 Å². The molecule has 0 aromatic carbocycles. The van der Waals surface area contributed by atoms with E-state index in [0.717, 1.165) is 44.8 Å². The molecule has 0 N–H and O–H groups in total. The van der Waals surface area contributed by atoms with Crippen molar-refractivity contribution in [3.8, 4) is 6.01 Å². The number of rotatable bonds is 4. The Bertz CT molecular complexity index is 656. The highest BCUT2D eigenvalue weighted by Crippen LogP contribution is 2.36. The van der Waals surface area contributed by atoms with Crippen LogP contribution in [-0.4, -0.2) is 46.3 Å². The van der Waals surface area contributed by atoms with Crippen LogP contribution < -0.4 is 4.74 Å². The molecule has 5 nitrogen and oxygen atoms in total. The van der Waals surface area contributed by atoms with Crippen LogP contribution in [0, 0.1) is 6.92 Å². The Morgan fingerprint density at radius 1 is 1.43 bits per heavy atom. The fourth-order valence-corrected chi connectivity index (χ4v) is 4.12. The number of likely N-dealkylation sites (tertiary alicyclic amines) is 1. The lowest BCUT2D eigenvalue weighted by atomic mass is 9.84. The van der Waals surface area contributed by atoms with Crippen LogP contribution >= 0.6 is 11.3 Å². The highest BCUT2D eigenvalue weighted by atomic mass is 32.1. The molecule has 122 valence electrons. The third-order valence-corrected chi connectivity index (χ3v) is 5.23. The Morgan fingerprint density at radius 2 is 2.35 bits per heavy atom. The van der Waals surface area contributed by atoms with E-state index in [-0.39, 0.29) is 11.7 Å². The lowest BCUT2D eigenvalue weighted by Gasteiger charge is -2.53. The summed E-state index contributed by atoms with van der Waals surface area (Å²) in [6.45, 7) is 5.69. The van der Waals surface area contributed by atoms with Gasteiger partial charge in [0.15, 0.2) is 0 Å². The van der Waals surface area contributed by atoms with Gasteiger partial charge in [0.1, 0.15) is 6.10 Å². The van der Waals surface area contributed by atoms with E-state index in [0.29, 0.717) is 6.01 Å². The van der Waals surface area contributed by atoms with Crippen molar-refractivity contribution in [3.05, 3.63) is 40.3 Å². The number of thiophene rings is 1. The van der Waals surface area contributed by atoms with Crippen LogP contribution in [0.3, 0.4) is 0 Å². The molecule has 0 radical (unpaired) electrons. The number of aromatic nitrogens is 2. The Labute approximate surface area is 140 Å². The van der Waals surface area contributed by atoms with Gasteiger partial charge < -0.3 is 9.47 Å². The third-order valence-electron chi connectivity index (χ3n) is 4.50. The van der Waals surface area contributed by atoms with Crippen LogP contribution in [0.1, 0.15) is 24.1 Å². The molecule has 0 aliphatic carbocycles. The fourth-order valence-electron chi connectivity index (χ4n) is 3.46. The topological polar surface area (TPSA) is 47.5 Å². The zero-order valence-corrected chi connectivity index (χ0v) is 14.1. The third kappa shape index (κ3) is 3.39. The summed E-state index contributed by atoms with van der Waals surface area (Å²) >= 11 is 1.75. The average molecular weight is 331 g/mol. The molecule has 2 saturated heterocycles. The molecular weight excluding hydrogens is 310 g/mol. The van der Waals surface area contributed by atoms with Gasteiger partial charge in [-0.25, -0.2) is 9.97 Å². The van der Waals surface area contributed by atoms with Crippen LogP contribution in [0.5, 0.6) is 6.01 Å². The van der Waals surface area contributed by atoms with Crippen molar-refractivity contribution in [3.63, 3.8) is 0 Å². The maximum absolute atomic E-state index is 6.08. The fraction of sp³-hybridized carbons (Fsp3) is 0.529. The summed E-state index contributed by atoms with van der Waals surface area (Å²) in [4.78, 5) is 11.0. The number of nitrogens with zero attached hydrogens (tertiary/aromatic N) is 3. The Hall–Kier alpha value is -1.50. The van der Waals surface area contributed by atoms with Gasteiger partial charge in [-0.1, -0.05) is 0 Å². The number of aryl methyl sites for hydroxylation is 1. The van der Waals surface area contributed by atoms with Gasteiger partial charge in [-0.05, 0) is 35.4 Å². The number of ether oxygens (including phenoxy) is 2. The summed E-state index contributed by atoms with van der Waals surface area (Å²) in [7, 11) is 0. The van der Waals surface area contributed by atoms with Gasteiger partial charge >= 0.3 is 6.01 Å². The summed E-state index contributed by atoms with van der Waals surface area (Å²) in [6.07, 6.45) is 3.72. The molecule has 1 unspecified atom stereocenters. The Kier molecular flexibility index (Phi) is 4.05. The van der Waals surface area contributed by atoms with Gasteiger partial charge in [0.25, 0.3) is 0 Å². The van der Waals surface area contributed by atoms with E-state index in [2.05, 4.69) is 31.7 Å². The monoisotopic (exact) mass is 331 g/mol. The van der Waals surface area contributed by atoms with Crippen molar-refractivity contribution in [2.45, 2.75) is 38.0 Å². The molecule has 2 aliphatic rings. The van der Waals surface area contributed by atoms with Crippen LogP contribution in [0.2, 0.25) is 0 Å². The molecule has 2 fully saturated rings. The van der Waals surface area contributed by atoms with E-state index < -0.39 is 0 Å². The van der Waals surface area contributed by atoms with Crippen LogP contribution in [-0.2, 0) is 11.3 Å². The second-order valence-corrected chi connectivity index (χ2v) is 7.30. The zero-order chi connectivity index (χ0) is 15.7. The van der Waals surface area contributed by atoms with E-state index in [1.807, 2.05) is 13.0 Å². The molecule has 23 heavy (non-hydrogen) atoms. The van der Waals surface area contributed by atoms with Gasteiger partial charge in [-0.15, -0.1) is 0 Å². The molecular formula is C17H21N3O2S. The highest BCUT2D eigenvalue weighted by Gasteiger charge is 2.48. The molecule has 1 spiro atoms. The minimum atomic E-state index is -0.0389. The molecule has 0 bridgehead atoms. The molecule has 4 heterocycles. The van der Waals surface area contributed by atoms with Crippen LogP contribution in [0.4, 0.5) is 0 Å². The quantitative estimate of drug-likeness (QED) is 0.862. The van der Waals surface area contributed by atoms with E-state index in [1.54, 1.807) is 17.5 Å². The van der Waals surface area contributed by atoms with Gasteiger partial charge in [-0.3, -0.25) is 4.90 Å². The van der Waals surface area contributed by atoms with Crippen molar-refractivity contribution in [1.29, 1.82) is 0 Å². The maximum Gasteiger partial charge on any atom is 0.316 e. The number of hydrogen-bond donors (Lipinski definition) is 0. The molecule has 0 saturated carbocycles. The first-order valence-electron chi connectivity index (χ1n) is 8.05. The lowest BCUT2D eigenvalue weighted by Crippen LogP contribution is -2.65. The smallest absolute Gasteiger partial charge is 0.316 e. The first-order valence-corrected chi connectivity index (χ1v) is 8.99. The van der Waals surface area contributed by atoms with E-state index in [1.165, 1.54) is 5.56 Å². The van der Waals surface area contributed by atoms with Crippen molar-refractivity contribution in [1.82, 2.24) is 14.9 Å². The zero-order valence-electron chi connectivity index (χ0n) is 13.3. The van der Waals surface area contributed by atoms with Crippen molar-refractivity contribution in [2.24, 2.45) is 0 Å². The lowest BCUT2D eigenvalue weighted by molar-refractivity contribution is -0.188. The van der Waals surface area contributed by atoms with E-state index in [9.17, 15) is 0 Å². The first-order chi connectivity index (χ1) is 11.2. The second kappa shape index (κ2) is 6.19. The second-order valence-electron chi connectivity index (χ2n) is 6.52. The van der Waals surface area contributed by atoms with Crippen molar-refractivity contribution in [2.75, 3.05) is 19.7 Å². The largest absolute Gasteiger partial charge is 0.460 e. The van der Waals surface area contributed by atoms with Crippen molar-refractivity contribution < 1.29 is 9.47 Å². The molecule has 0 amide bonds. The van der Waals surface area contributed by atoms with Gasteiger partial charge in [0.05, 0.1) is 12.2 Å². The normalized spacial score (nSPS) is 23.6. The summed E-state index contributed by atoms with van der Waals surface area (Å²) in [5.41, 5.74) is 2.28. The molecule has 4 rings (SSSR count). The van der Waals surface area contributed by atoms with Crippen LogP contribution in [0.15, 0.2) is 29.1 Å². The first kappa shape index (κ1) is 15.1. The minimum absolute atomic E-state index is 0.0389. The molecule has 2 aliphatic heterocycles. The Balaban J connectivity index is 1.33. The highest BCUT2D eigenvalue weighted by molar-refractivity contribution is 7.07. The summed E-state index contributed by atoms with van der Waals surface area (Å²) in [6, 6.07) is 4.56. The molecule has 6 heteroatoms. The van der Waals surface area contributed by atoms with E-state index in [4.69, 9.17) is 9.47 Å². The molecule has 2 aromatic rings. The van der Waals surface area contributed by atoms with Gasteiger partial charge in [-0.2, -0.15) is 11.3 Å². The standard InChI is InChI=1S/C17H21N3O2S/c1-13-2-5-18-16(19-13)22-15-3-6-21-17(8-15)11-20(12-17)9-14-4-7-23-10-14/h2,4-5,7,10,15H,3,6,8-9,11-12H2,1H3. The molecule has 2 aromatic heterocycles. The molecule has 1 atom stereocenters. The maximum atomic E-state index is 6.08. The predicted molar refractivity (Wildman–Crippen MR) is 88.7 cm³/mol. The van der Waals surface area contributed by atoms with Crippen molar-refractivity contribution >= 4 is 11.3 Å². The van der Waals surface area contributed by atoms with Gasteiger partial charge in [0.2, 0.25) is 0 Å². The van der Waals surface area contributed by atoms with Gasteiger partial charge in [0, 0.05) is 44.4 Å². The summed E-state index contributed by atoms with van der Waals surface area (Å²) in [5.74, 6) is 0.